The number of hydrogen-bond donors (Lipinski definition) is 0. The molecule has 1 aliphatic carbocycles. The number of halogens is 2. The zero-order valence-electron chi connectivity index (χ0n) is 19.2. The first kappa shape index (κ1) is 22.5. The second-order valence-electron chi connectivity index (χ2n) is 9.80. The Hall–Kier alpha value is -2.24. The number of amides is 1. The number of aryl methyl sites for hydroxylation is 2. The highest BCUT2D eigenvalue weighted by molar-refractivity contribution is 6.30. The largest absolute Gasteiger partial charge is 0.342 e. The summed E-state index contributed by atoms with van der Waals surface area (Å²) in [6.45, 7) is 3.63. The fourth-order valence-electron chi connectivity index (χ4n) is 5.76. The molecule has 1 amide bonds. The molecule has 3 heterocycles. The van der Waals surface area contributed by atoms with Gasteiger partial charge in [-0.1, -0.05) is 23.2 Å². The molecule has 2 aliphatic heterocycles. The molecule has 6 heteroatoms. The lowest BCUT2D eigenvalue weighted by molar-refractivity contribution is -0.133. The molecule has 0 bridgehead atoms. The Bertz CT molecular complexity index is 1030. The van der Waals surface area contributed by atoms with Gasteiger partial charge in [-0.05, 0) is 92.9 Å². The Morgan fingerprint density at radius 1 is 1.12 bits per heavy atom. The van der Waals surface area contributed by atoms with Crippen molar-refractivity contribution in [3.05, 3.63) is 69.3 Å². The van der Waals surface area contributed by atoms with Crippen LogP contribution in [0.15, 0.2) is 36.0 Å². The first-order valence-electron chi connectivity index (χ1n) is 12.1. The van der Waals surface area contributed by atoms with E-state index in [9.17, 15) is 9.18 Å². The molecular weight excluding hydrogens is 437 g/mol. The zero-order chi connectivity index (χ0) is 22.9. The number of carbonyl (C=O) groups excluding carboxylic acids is 1. The van der Waals surface area contributed by atoms with Gasteiger partial charge in [-0.2, -0.15) is 0 Å². The van der Waals surface area contributed by atoms with Crippen molar-refractivity contribution in [2.75, 3.05) is 33.2 Å². The van der Waals surface area contributed by atoms with Gasteiger partial charge in [0.05, 0.1) is 11.9 Å². The molecular formula is C27H31ClFN3O. The highest BCUT2D eigenvalue weighted by Gasteiger charge is 2.28. The van der Waals surface area contributed by atoms with Crippen LogP contribution in [-0.2, 0) is 17.6 Å². The fourth-order valence-corrected chi connectivity index (χ4v) is 5.95. The topological polar surface area (TPSA) is 36.4 Å². The van der Waals surface area contributed by atoms with E-state index in [1.807, 2.05) is 17.0 Å². The minimum atomic E-state index is -0.295. The number of rotatable bonds is 2. The number of aromatic nitrogens is 1. The number of likely N-dealkylation sites (tertiary alicyclic amines) is 2. The van der Waals surface area contributed by atoms with E-state index in [4.69, 9.17) is 11.6 Å². The molecule has 33 heavy (non-hydrogen) atoms. The first-order valence-corrected chi connectivity index (χ1v) is 12.5. The van der Waals surface area contributed by atoms with Crippen LogP contribution in [0.1, 0.15) is 54.5 Å². The van der Waals surface area contributed by atoms with E-state index in [0.29, 0.717) is 12.3 Å². The average Bonchev–Trinajstić information content (AvgIpc) is 2.95. The third-order valence-corrected chi connectivity index (χ3v) is 7.66. The maximum Gasteiger partial charge on any atom is 0.222 e. The number of hydrogen-bond acceptors (Lipinski definition) is 3. The van der Waals surface area contributed by atoms with Crippen LogP contribution in [0.4, 0.5) is 4.39 Å². The van der Waals surface area contributed by atoms with Crippen LogP contribution in [0.5, 0.6) is 0 Å². The maximum absolute atomic E-state index is 14.0. The van der Waals surface area contributed by atoms with Crippen LogP contribution in [0.25, 0.3) is 5.57 Å². The van der Waals surface area contributed by atoms with Gasteiger partial charge in [-0.25, -0.2) is 4.39 Å². The van der Waals surface area contributed by atoms with Crippen molar-refractivity contribution in [1.29, 1.82) is 0 Å². The van der Waals surface area contributed by atoms with Crippen molar-refractivity contribution in [1.82, 2.24) is 14.8 Å². The zero-order valence-corrected chi connectivity index (χ0v) is 20.0. The first-order chi connectivity index (χ1) is 16.0. The van der Waals surface area contributed by atoms with Gasteiger partial charge in [-0.3, -0.25) is 9.78 Å². The Morgan fingerprint density at radius 3 is 2.70 bits per heavy atom. The second kappa shape index (κ2) is 9.55. The minimum Gasteiger partial charge on any atom is -0.342 e. The molecule has 4 nitrogen and oxygen atoms in total. The number of fused-ring (bicyclic) bond motifs is 2. The standard InChI is InChI=1S/C27H31ClFN3O/c1-31-10-2-3-18(17-31)13-25(33)32-11-8-19(9-12-32)26-24-7-6-22(28)14-20(24)4-5-21-15-23(29)16-30-27(21)26/h6-7,14-16,18H,2-5,8-13,17H2,1H3. The summed E-state index contributed by atoms with van der Waals surface area (Å²) >= 11 is 6.30. The smallest absolute Gasteiger partial charge is 0.222 e. The summed E-state index contributed by atoms with van der Waals surface area (Å²) in [5.74, 6) is 0.462. The van der Waals surface area contributed by atoms with Gasteiger partial charge in [0.2, 0.25) is 5.91 Å². The Kier molecular flexibility index (Phi) is 6.53. The van der Waals surface area contributed by atoms with Crippen LogP contribution in [0, 0.1) is 11.7 Å². The average molecular weight is 468 g/mol. The van der Waals surface area contributed by atoms with Gasteiger partial charge >= 0.3 is 0 Å². The summed E-state index contributed by atoms with van der Waals surface area (Å²) < 4.78 is 14.0. The number of piperidine rings is 2. The van der Waals surface area contributed by atoms with E-state index in [1.165, 1.54) is 23.8 Å². The van der Waals surface area contributed by atoms with Crippen molar-refractivity contribution >= 4 is 23.1 Å². The lowest BCUT2D eigenvalue weighted by Crippen LogP contribution is -2.40. The summed E-state index contributed by atoms with van der Waals surface area (Å²) in [5.41, 5.74) is 6.60. The number of nitrogens with zero attached hydrogens (tertiary/aromatic N) is 3. The predicted molar refractivity (Wildman–Crippen MR) is 130 cm³/mol. The van der Waals surface area contributed by atoms with Crippen molar-refractivity contribution in [2.24, 2.45) is 5.92 Å². The quantitative estimate of drug-likeness (QED) is 0.614. The molecule has 1 atom stereocenters. The molecule has 0 saturated carbocycles. The van der Waals surface area contributed by atoms with E-state index in [-0.39, 0.29) is 11.7 Å². The summed E-state index contributed by atoms with van der Waals surface area (Å²) in [5, 5.41) is 0.719. The van der Waals surface area contributed by atoms with Crippen molar-refractivity contribution in [2.45, 2.75) is 44.9 Å². The summed E-state index contributed by atoms with van der Waals surface area (Å²) in [4.78, 5) is 21.9. The Labute approximate surface area is 200 Å². The summed E-state index contributed by atoms with van der Waals surface area (Å²) in [6, 6.07) is 7.66. The van der Waals surface area contributed by atoms with E-state index in [2.05, 4.69) is 23.0 Å². The minimum absolute atomic E-state index is 0.285. The monoisotopic (exact) mass is 467 g/mol. The molecule has 1 aromatic carbocycles. The number of carbonyl (C=O) groups is 1. The van der Waals surface area contributed by atoms with Gasteiger partial charge < -0.3 is 9.80 Å². The molecule has 3 aliphatic rings. The van der Waals surface area contributed by atoms with Crippen molar-refractivity contribution < 1.29 is 9.18 Å². The van der Waals surface area contributed by atoms with Crippen molar-refractivity contribution in [3.8, 4) is 0 Å². The van der Waals surface area contributed by atoms with E-state index in [0.717, 1.165) is 85.7 Å². The van der Waals surface area contributed by atoms with Gasteiger partial charge in [0, 0.05) is 36.7 Å². The van der Waals surface area contributed by atoms with Crippen LogP contribution in [0.2, 0.25) is 5.02 Å². The molecule has 174 valence electrons. The van der Waals surface area contributed by atoms with Gasteiger partial charge in [-0.15, -0.1) is 0 Å². The molecule has 1 unspecified atom stereocenters. The highest BCUT2D eigenvalue weighted by atomic mass is 35.5. The Balaban J connectivity index is 1.40. The lowest BCUT2D eigenvalue weighted by atomic mass is 9.88. The highest BCUT2D eigenvalue weighted by Crippen LogP contribution is 2.38. The van der Waals surface area contributed by atoms with Crippen LogP contribution >= 0.6 is 11.6 Å². The van der Waals surface area contributed by atoms with Gasteiger partial charge in [0.1, 0.15) is 5.82 Å². The molecule has 5 rings (SSSR count). The number of benzene rings is 1. The SMILES string of the molecule is CN1CCCC(CC(=O)N2CCC(=C3c4ccc(Cl)cc4CCc4cc(F)cnc43)CC2)C1. The van der Waals surface area contributed by atoms with Crippen molar-refractivity contribution in [3.63, 3.8) is 0 Å². The lowest BCUT2D eigenvalue weighted by Gasteiger charge is -2.34. The summed E-state index contributed by atoms with van der Waals surface area (Å²) in [6.07, 6.45) is 7.51. The van der Waals surface area contributed by atoms with Gasteiger partial charge in [0.25, 0.3) is 0 Å². The molecule has 1 aromatic heterocycles. The molecule has 0 N–H and O–H groups in total. The second-order valence-corrected chi connectivity index (χ2v) is 10.2. The summed E-state index contributed by atoms with van der Waals surface area (Å²) in [7, 11) is 2.14. The molecule has 0 radical (unpaired) electrons. The predicted octanol–water partition coefficient (Wildman–Crippen LogP) is 5.13. The normalized spacial score (nSPS) is 21.4. The van der Waals surface area contributed by atoms with E-state index >= 15 is 0 Å². The molecule has 2 saturated heterocycles. The van der Waals surface area contributed by atoms with Crippen LogP contribution in [-0.4, -0.2) is 53.9 Å². The molecule has 2 aromatic rings. The van der Waals surface area contributed by atoms with Crippen LogP contribution in [0.3, 0.4) is 0 Å². The van der Waals surface area contributed by atoms with Crippen LogP contribution < -0.4 is 0 Å². The Morgan fingerprint density at radius 2 is 1.91 bits per heavy atom. The number of pyridine rings is 1. The third-order valence-electron chi connectivity index (χ3n) is 7.43. The van der Waals surface area contributed by atoms with E-state index in [1.54, 1.807) is 6.07 Å². The van der Waals surface area contributed by atoms with E-state index < -0.39 is 0 Å². The molecule has 0 spiro atoms. The van der Waals surface area contributed by atoms with Gasteiger partial charge in [0.15, 0.2) is 0 Å². The fraction of sp³-hybridized carbons (Fsp3) is 0.481. The third kappa shape index (κ3) is 4.85. The maximum atomic E-state index is 14.0. The molecule has 2 fully saturated rings.